The second-order valence-corrected chi connectivity index (χ2v) is 6.88. The molecule has 0 spiro atoms. The molecule has 0 atom stereocenters. The highest BCUT2D eigenvalue weighted by Gasteiger charge is 2.18. The molecular formula is C13H18ClNO4S. The lowest BCUT2D eigenvalue weighted by Crippen LogP contribution is -2.30. The quantitative estimate of drug-likeness (QED) is 0.594. The van der Waals surface area contributed by atoms with Crippen molar-refractivity contribution >= 4 is 25.6 Å². The third-order valence-corrected chi connectivity index (χ3v) is 4.28. The highest BCUT2D eigenvalue weighted by Crippen LogP contribution is 2.21. The molecule has 20 heavy (non-hydrogen) atoms. The van der Waals surface area contributed by atoms with Gasteiger partial charge in [-0.2, -0.15) is 0 Å². The summed E-state index contributed by atoms with van der Waals surface area (Å²) < 4.78 is 28.0. The van der Waals surface area contributed by atoms with Crippen molar-refractivity contribution in [3.05, 3.63) is 29.3 Å². The summed E-state index contributed by atoms with van der Waals surface area (Å²) >= 11 is 0. The molecule has 0 aliphatic rings. The SMILES string of the molecule is CCOCCN(C)C(=O)c1ccc(C)c(S(=O)(=O)Cl)c1. The Hall–Kier alpha value is -1.11. The Kier molecular flexibility index (Phi) is 5.98. The van der Waals surface area contributed by atoms with Gasteiger partial charge in [0.2, 0.25) is 0 Å². The zero-order valence-corrected chi connectivity index (χ0v) is 13.3. The van der Waals surface area contributed by atoms with E-state index in [2.05, 4.69) is 0 Å². The van der Waals surface area contributed by atoms with Crippen LogP contribution in [0.5, 0.6) is 0 Å². The molecular weight excluding hydrogens is 302 g/mol. The number of halogens is 1. The molecule has 0 fully saturated rings. The van der Waals surface area contributed by atoms with Gasteiger partial charge < -0.3 is 9.64 Å². The fourth-order valence-corrected chi connectivity index (χ4v) is 2.88. The Labute approximate surface area is 123 Å². The summed E-state index contributed by atoms with van der Waals surface area (Å²) in [6.07, 6.45) is 0. The number of likely N-dealkylation sites (N-methyl/N-ethyl adjacent to an activating group) is 1. The van der Waals surface area contributed by atoms with E-state index in [4.69, 9.17) is 15.4 Å². The van der Waals surface area contributed by atoms with Gasteiger partial charge in [0.05, 0.1) is 11.5 Å². The van der Waals surface area contributed by atoms with Crippen LogP contribution in [0.2, 0.25) is 0 Å². The van der Waals surface area contributed by atoms with Crippen LogP contribution in [0.4, 0.5) is 0 Å². The van der Waals surface area contributed by atoms with Gasteiger partial charge >= 0.3 is 0 Å². The predicted octanol–water partition coefficient (Wildman–Crippen LogP) is 2.03. The molecule has 0 unspecified atom stereocenters. The average Bonchev–Trinajstić information content (AvgIpc) is 2.37. The lowest BCUT2D eigenvalue weighted by atomic mass is 10.1. The van der Waals surface area contributed by atoms with E-state index < -0.39 is 9.05 Å². The number of hydrogen-bond acceptors (Lipinski definition) is 4. The Morgan fingerprint density at radius 1 is 1.40 bits per heavy atom. The van der Waals surface area contributed by atoms with Crippen LogP contribution in [0.1, 0.15) is 22.8 Å². The number of benzene rings is 1. The monoisotopic (exact) mass is 319 g/mol. The van der Waals surface area contributed by atoms with Crippen LogP contribution in [0.3, 0.4) is 0 Å². The molecule has 0 bridgehead atoms. The number of ether oxygens (including phenoxy) is 1. The number of nitrogens with zero attached hydrogens (tertiary/aromatic N) is 1. The number of carbonyl (C=O) groups excluding carboxylic acids is 1. The fourth-order valence-electron chi connectivity index (χ4n) is 1.66. The maximum Gasteiger partial charge on any atom is 0.261 e. The van der Waals surface area contributed by atoms with Gasteiger partial charge in [-0.25, -0.2) is 8.42 Å². The van der Waals surface area contributed by atoms with Crippen LogP contribution in [0, 0.1) is 6.92 Å². The van der Waals surface area contributed by atoms with Crippen LogP contribution >= 0.6 is 10.7 Å². The summed E-state index contributed by atoms with van der Waals surface area (Å²) in [6, 6.07) is 4.45. The third kappa shape index (κ3) is 4.47. The van der Waals surface area contributed by atoms with Gasteiger partial charge in [-0.15, -0.1) is 0 Å². The van der Waals surface area contributed by atoms with E-state index in [0.717, 1.165) is 0 Å². The molecule has 0 aliphatic heterocycles. The minimum Gasteiger partial charge on any atom is -0.380 e. The van der Waals surface area contributed by atoms with E-state index in [1.54, 1.807) is 26.1 Å². The third-order valence-electron chi connectivity index (χ3n) is 2.82. The zero-order chi connectivity index (χ0) is 15.3. The molecule has 0 saturated heterocycles. The van der Waals surface area contributed by atoms with E-state index in [9.17, 15) is 13.2 Å². The first-order chi connectivity index (χ1) is 9.27. The molecule has 0 aromatic heterocycles. The number of aryl methyl sites for hydroxylation is 1. The van der Waals surface area contributed by atoms with Crippen molar-refractivity contribution in [3.8, 4) is 0 Å². The zero-order valence-electron chi connectivity index (χ0n) is 11.7. The fraction of sp³-hybridized carbons (Fsp3) is 0.462. The second-order valence-electron chi connectivity index (χ2n) is 4.34. The molecule has 0 aliphatic carbocycles. The van der Waals surface area contributed by atoms with E-state index in [1.807, 2.05) is 6.92 Å². The lowest BCUT2D eigenvalue weighted by molar-refractivity contribution is 0.0709. The van der Waals surface area contributed by atoms with Crippen LogP contribution in [0.25, 0.3) is 0 Å². The number of carbonyl (C=O) groups is 1. The van der Waals surface area contributed by atoms with Crippen LogP contribution in [0.15, 0.2) is 23.1 Å². The number of hydrogen-bond donors (Lipinski definition) is 0. The van der Waals surface area contributed by atoms with Crippen molar-refractivity contribution in [1.29, 1.82) is 0 Å². The maximum absolute atomic E-state index is 12.2. The predicted molar refractivity (Wildman–Crippen MR) is 77.7 cm³/mol. The van der Waals surface area contributed by atoms with Gasteiger partial charge in [0.1, 0.15) is 0 Å². The van der Waals surface area contributed by atoms with Gasteiger partial charge in [-0.3, -0.25) is 4.79 Å². The first kappa shape index (κ1) is 16.9. The Morgan fingerprint density at radius 3 is 2.60 bits per heavy atom. The standard InChI is InChI=1S/C13H18ClNO4S/c1-4-19-8-7-15(3)13(16)11-6-5-10(2)12(9-11)20(14,17)18/h5-6,9H,4,7-8H2,1-3H3. The van der Waals surface area contributed by atoms with Crippen molar-refractivity contribution < 1.29 is 17.9 Å². The molecule has 1 aromatic rings. The summed E-state index contributed by atoms with van der Waals surface area (Å²) in [5.74, 6) is -0.272. The van der Waals surface area contributed by atoms with Gasteiger partial charge in [0, 0.05) is 36.4 Å². The van der Waals surface area contributed by atoms with Crippen LogP contribution in [-0.4, -0.2) is 46.0 Å². The van der Waals surface area contributed by atoms with E-state index >= 15 is 0 Å². The van der Waals surface area contributed by atoms with Gasteiger partial charge in [0.25, 0.3) is 15.0 Å². The summed E-state index contributed by atoms with van der Waals surface area (Å²) in [5.41, 5.74) is 0.794. The Morgan fingerprint density at radius 2 is 2.05 bits per heavy atom. The first-order valence-corrected chi connectivity index (χ1v) is 8.46. The summed E-state index contributed by atoms with van der Waals surface area (Å²) in [7, 11) is 3.13. The largest absolute Gasteiger partial charge is 0.380 e. The normalized spacial score (nSPS) is 11.4. The molecule has 1 aromatic carbocycles. The van der Waals surface area contributed by atoms with E-state index in [1.165, 1.54) is 11.0 Å². The molecule has 0 heterocycles. The van der Waals surface area contributed by atoms with Gasteiger partial charge in [0.15, 0.2) is 0 Å². The van der Waals surface area contributed by atoms with Gasteiger partial charge in [-0.1, -0.05) is 6.07 Å². The maximum atomic E-state index is 12.2. The molecule has 5 nitrogen and oxygen atoms in total. The van der Waals surface area contributed by atoms with E-state index in [-0.39, 0.29) is 16.4 Å². The summed E-state index contributed by atoms with van der Waals surface area (Å²) in [6.45, 7) is 4.96. The number of rotatable bonds is 6. The second kappa shape index (κ2) is 7.06. The first-order valence-electron chi connectivity index (χ1n) is 6.16. The van der Waals surface area contributed by atoms with Crippen molar-refractivity contribution in [1.82, 2.24) is 4.90 Å². The molecule has 112 valence electrons. The van der Waals surface area contributed by atoms with Crippen molar-refractivity contribution in [3.63, 3.8) is 0 Å². The molecule has 0 radical (unpaired) electrons. The van der Waals surface area contributed by atoms with E-state index in [0.29, 0.717) is 25.3 Å². The molecule has 1 amide bonds. The Balaban J connectivity index is 2.94. The van der Waals surface area contributed by atoms with Crippen LogP contribution in [-0.2, 0) is 13.8 Å². The lowest BCUT2D eigenvalue weighted by Gasteiger charge is -2.17. The molecule has 0 N–H and O–H groups in total. The van der Waals surface area contributed by atoms with Gasteiger partial charge in [-0.05, 0) is 31.5 Å². The van der Waals surface area contributed by atoms with Crippen LogP contribution < -0.4 is 0 Å². The Bertz CT molecular complexity index is 586. The molecule has 7 heteroatoms. The molecule has 0 saturated carbocycles. The average molecular weight is 320 g/mol. The highest BCUT2D eigenvalue weighted by atomic mass is 35.7. The summed E-state index contributed by atoms with van der Waals surface area (Å²) in [5, 5.41) is 0. The minimum absolute atomic E-state index is 0.0387. The summed E-state index contributed by atoms with van der Waals surface area (Å²) in [4.78, 5) is 13.6. The van der Waals surface area contributed by atoms with Crippen molar-refractivity contribution in [2.24, 2.45) is 0 Å². The topological polar surface area (TPSA) is 63.7 Å². The minimum atomic E-state index is -3.86. The van der Waals surface area contributed by atoms with Crippen molar-refractivity contribution in [2.45, 2.75) is 18.7 Å². The smallest absolute Gasteiger partial charge is 0.261 e. The number of amides is 1. The van der Waals surface area contributed by atoms with Crippen molar-refractivity contribution in [2.75, 3.05) is 26.8 Å². The molecule has 1 rings (SSSR count). The highest BCUT2D eigenvalue weighted by molar-refractivity contribution is 8.13.